The Morgan fingerprint density at radius 1 is 1.29 bits per heavy atom. The number of hydrogen-bond acceptors (Lipinski definition) is 2. The van der Waals surface area contributed by atoms with Gasteiger partial charge < -0.3 is 10.1 Å². The van der Waals surface area contributed by atoms with Crippen molar-refractivity contribution in [2.24, 2.45) is 11.8 Å². The fourth-order valence-electron chi connectivity index (χ4n) is 3.31. The molecule has 1 aliphatic carbocycles. The van der Waals surface area contributed by atoms with Crippen LogP contribution in [-0.2, 0) is 6.54 Å². The molecule has 3 heteroatoms. The van der Waals surface area contributed by atoms with E-state index in [1.54, 1.807) is 0 Å². The molecule has 2 atom stereocenters. The zero-order valence-electron chi connectivity index (χ0n) is 12.9. The summed E-state index contributed by atoms with van der Waals surface area (Å²) in [4.78, 5) is 0. The number of terminal acetylenes is 1. The Hall–Kier alpha value is -0.980. The van der Waals surface area contributed by atoms with Crippen molar-refractivity contribution in [2.45, 2.75) is 45.7 Å². The maximum Gasteiger partial charge on any atom is 0.148 e. The molecule has 1 aliphatic rings. The molecule has 1 aromatic rings. The van der Waals surface area contributed by atoms with Crippen molar-refractivity contribution in [1.29, 1.82) is 0 Å². The van der Waals surface area contributed by atoms with Crippen molar-refractivity contribution in [3.63, 3.8) is 0 Å². The first-order valence-electron chi connectivity index (χ1n) is 7.66. The van der Waals surface area contributed by atoms with Crippen molar-refractivity contribution >= 4 is 15.9 Å². The zero-order valence-corrected chi connectivity index (χ0v) is 14.4. The average Bonchev–Trinajstić information content (AvgIpc) is 2.43. The third-order valence-electron chi connectivity index (χ3n) is 4.09. The predicted octanol–water partition coefficient (Wildman–Crippen LogP) is 4.38. The molecule has 0 spiro atoms. The highest BCUT2D eigenvalue weighted by Gasteiger charge is 2.23. The van der Waals surface area contributed by atoms with Gasteiger partial charge in [-0.25, -0.2) is 0 Å². The Kier molecular flexibility index (Phi) is 6.14. The van der Waals surface area contributed by atoms with Crippen LogP contribution in [0.25, 0.3) is 0 Å². The zero-order chi connectivity index (χ0) is 15.2. The quantitative estimate of drug-likeness (QED) is 0.796. The van der Waals surface area contributed by atoms with Crippen LogP contribution in [0.2, 0.25) is 0 Å². The average molecular weight is 350 g/mol. The maximum atomic E-state index is 5.63. The molecular weight excluding hydrogens is 326 g/mol. The molecule has 2 unspecified atom stereocenters. The molecule has 1 saturated carbocycles. The summed E-state index contributed by atoms with van der Waals surface area (Å²) in [7, 11) is 0. The molecule has 2 nitrogen and oxygen atoms in total. The molecular formula is C18H24BrNO. The van der Waals surface area contributed by atoms with Crippen LogP contribution >= 0.6 is 15.9 Å². The second kappa shape index (κ2) is 7.87. The Morgan fingerprint density at radius 2 is 2.00 bits per heavy atom. The van der Waals surface area contributed by atoms with Crippen molar-refractivity contribution in [3.8, 4) is 18.1 Å². The van der Waals surface area contributed by atoms with Crippen molar-refractivity contribution in [3.05, 3.63) is 28.2 Å². The van der Waals surface area contributed by atoms with E-state index < -0.39 is 0 Å². The van der Waals surface area contributed by atoms with Crippen LogP contribution in [-0.4, -0.2) is 12.6 Å². The summed E-state index contributed by atoms with van der Waals surface area (Å²) in [6.45, 7) is 5.84. The van der Waals surface area contributed by atoms with Crippen molar-refractivity contribution in [1.82, 2.24) is 5.32 Å². The number of nitrogens with one attached hydrogen (secondary N) is 1. The Balaban J connectivity index is 1.98. The molecule has 2 rings (SSSR count). The van der Waals surface area contributed by atoms with E-state index in [0.717, 1.165) is 34.2 Å². The first-order valence-corrected chi connectivity index (χ1v) is 8.46. The van der Waals surface area contributed by atoms with E-state index >= 15 is 0 Å². The minimum absolute atomic E-state index is 0.312. The lowest BCUT2D eigenvalue weighted by Crippen LogP contribution is -2.36. The van der Waals surface area contributed by atoms with Crippen molar-refractivity contribution < 1.29 is 4.74 Å². The van der Waals surface area contributed by atoms with Gasteiger partial charge in [0.2, 0.25) is 0 Å². The summed E-state index contributed by atoms with van der Waals surface area (Å²) in [5.41, 5.74) is 1.16. The fraction of sp³-hybridized carbons (Fsp3) is 0.556. The number of ether oxygens (including phenoxy) is 1. The minimum Gasteiger partial charge on any atom is -0.481 e. The van der Waals surface area contributed by atoms with Crippen LogP contribution in [0.5, 0.6) is 5.75 Å². The Bertz CT molecular complexity index is 498. The summed E-state index contributed by atoms with van der Waals surface area (Å²) < 4.78 is 6.69. The van der Waals surface area contributed by atoms with E-state index in [9.17, 15) is 0 Å². The van der Waals surface area contributed by atoms with Gasteiger partial charge in [0, 0.05) is 22.6 Å². The summed E-state index contributed by atoms with van der Waals surface area (Å²) >= 11 is 3.53. The highest BCUT2D eigenvalue weighted by Crippen LogP contribution is 2.29. The summed E-state index contributed by atoms with van der Waals surface area (Å²) in [6, 6.07) is 6.67. The molecule has 0 bridgehead atoms. The van der Waals surface area contributed by atoms with Crippen LogP contribution in [0.3, 0.4) is 0 Å². The van der Waals surface area contributed by atoms with E-state index in [2.05, 4.69) is 47.1 Å². The minimum atomic E-state index is 0.312. The van der Waals surface area contributed by atoms with E-state index in [4.69, 9.17) is 11.2 Å². The predicted molar refractivity (Wildman–Crippen MR) is 91.3 cm³/mol. The van der Waals surface area contributed by atoms with E-state index in [0.29, 0.717) is 12.6 Å². The number of hydrogen-bond donors (Lipinski definition) is 1. The molecule has 1 N–H and O–H groups in total. The van der Waals surface area contributed by atoms with Gasteiger partial charge in [0.1, 0.15) is 12.4 Å². The molecule has 1 aromatic carbocycles. The highest BCUT2D eigenvalue weighted by atomic mass is 79.9. The van der Waals surface area contributed by atoms with Crippen LogP contribution in [0.1, 0.15) is 38.7 Å². The normalized spacial score (nSPS) is 25.3. The summed E-state index contributed by atoms with van der Waals surface area (Å²) in [5.74, 6) is 5.02. The smallest absolute Gasteiger partial charge is 0.148 e. The fourth-order valence-corrected chi connectivity index (χ4v) is 3.72. The number of rotatable bonds is 5. The number of benzene rings is 1. The van der Waals surface area contributed by atoms with Gasteiger partial charge in [-0.2, -0.15) is 0 Å². The molecule has 0 amide bonds. The highest BCUT2D eigenvalue weighted by molar-refractivity contribution is 9.10. The third-order valence-corrected chi connectivity index (χ3v) is 4.59. The molecule has 0 saturated heterocycles. The largest absolute Gasteiger partial charge is 0.481 e. The van der Waals surface area contributed by atoms with Gasteiger partial charge >= 0.3 is 0 Å². The monoisotopic (exact) mass is 349 g/mol. The van der Waals surface area contributed by atoms with Crippen LogP contribution < -0.4 is 10.1 Å². The molecule has 0 aromatic heterocycles. The first kappa shape index (κ1) is 16.4. The molecule has 0 aliphatic heterocycles. The summed E-state index contributed by atoms with van der Waals surface area (Å²) in [5, 5.41) is 3.69. The molecule has 114 valence electrons. The lowest BCUT2D eigenvalue weighted by Gasteiger charge is -2.32. The summed E-state index contributed by atoms with van der Waals surface area (Å²) in [6.07, 6.45) is 9.16. The Morgan fingerprint density at radius 3 is 2.67 bits per heavy atom. The van der Waals surface area contributed by atoms with Crippen LogP contribution in [0.15, 0.2) is 22.7 Å². The van der Waals surface area contributed by atoms with Gasteiger partial charge in [-0.15, -0.1) is 6.42 Å². The topological polar surface area (TPSA) is 21.3 Å². The van der Waals surface area contributed by atoms with E-state index in [1.165, 1.54) is 19.3 Å². The van der Waals surface area contributed by atoms with Gasteiger partial charge in [0.15, 0.2) is 0 Å². The van der Waals surface area contributed by atoms with Gasteiger partial charge in [0.25, 0.3) is 0 Å². The third kappa shape index (κ3) is 5.05. The van der Waals surface area contributed by atoms with Crippen LogP contribution in [0.4, 0.5) is 0 Å². The van der Waals surface area contributed by atoms with Crippen LogP contribution in [0, 0.1) is 24.2 Å². The lowest BCUT2D eigenvalue weighted by atomic mass is 9.80. The SMILES string of the molecule is C#CCOc1ccc(Br)cc1CNC1CC(C)CC(C)C1. The maximum absolute atomic E-state index is 5.63. The molecule has 21 heavy (non-hydrogen) atoms. The lowest BCUT2D eigenvalue weighted by molar-refractivity contribution is 0.237. The van der Waals surface area contributed by atoms with Gasteiger partial charge in [-0.1, -0.05) is 35.7 Å². The number of halogens is 1. The standard InChI is InChI=1S/C18H24BrNO/c1-4-7-21-18-6-5-16(19)11-15(18)12-20-17-9-13(2)8-14(3)10-17/h1,5-6,11,13-14,17,20H,7-10,12H2,2-3H3. The Labute approximate surface area is 136 Å². The second-order valence-electron chi connectivity index (χ2n) is 6.24. The molecule has 1 fully saturated rings. The van der Waals surface area contributed by atoms with Crippen molar-refractivity contribution in [2.75, 3.05) is 6.61 Å². The van der Waals surface area contributed by atoms with E-state index in [1.807, 2.05) is 12.1 Å². The second-order valence-corrected chi connectivity index (χ2v) is 7.16. The van der Waals surface area contributed by atoms with E-state index in [-0.39, 0.29) is 0 Å². The molecule has 0 radical (unpaired) electrons. The van der Waals surface area contributed by atoms with Gasteiger partial charge in [0.05, 0.1) is 0 Å². The van der Waals surface area contributed by atoms with Gasteiger partial charge in [-0.05, 0) is 49.3 Å². The first-order chi connectivity index (χ1) is 10.1. The molecule has 0 heterocycles. The van der Waals surface area contributed by atoms with Gasteiger partial charge in [-0.3, -0.25) is 0 Å².